The summed E-state index contributed by atoms with van der Waals surface area (Å²) in [6.07, 6.45) is 2.20. The maximum absolute atomic E-state index is 10.1. The average Bonchev–Trinajstić information content (AvgIpc) is 3.00. The van der Waals surface area contributed by atoms with Gasteiger partial charge in [0.1, 0.15) is 5.75 Å². The van der Waals surface area contributed by atoms with Crippen molar-refractivity contribution in [3.05, 3.63) is 81.5 Å². The van der Waals surface area contributed by atoms with Gasteiger partial charge in [0, 0.05) is 78.8 Å². The first-order chi connectivity index (χ1) is 21.6. The number of likely N-dealkylation sites (tertiary alicyclic amines) is 1. The Kier molecular flexibility index (Phi) is 9.07. The fourth-order valence-corrected chi connectivity index (χ4v) is 7.16. The molecule has 10 heteroatoms. The van der Waals surface area contributed by atoms with Gasteiger partial charge in [-0.2, -0.15) is 0 Å². The van der Waals surface area contributed by atoms with E-state index < -0.39 is 5.60 Å². The van der Waals surface area contributed by atoms with Gasteiger partial charge in [-0.3, -0.25) is 14.8 Å². The number of β-amino-alcohol motifs (C(OH)–C–C–N with tert-alkyl or cyclic N) is 2. The number of aliphatic hydroxyl groups is 2. The molecular weight excluding hydrogens is 611 g/mol. The number of rotatable bonds is 9. The Hall–Kier alpha value is -3.24. The standard InChI is InChI=1S/C35H38Cl2N4O4/c1-21(42)16-40-13-11-22-14-24(15-30(44-3)28(22)18-40)33-32(37)26(10-12-38-33)25-6-5-7-27(31(25)36)29-9-8-23(34(39-29)45-4)17-41-19-35(2,43)20-41/h5-10,12,14-15,21,42-43H,11,13,16-20H2,1-4H3/t21-/m1/s1. The molecule has 8 nitrogen and oxygen atoms in total. The van der Waals surface area contributed by atoms with Crippen LogP contribution in [0.5, 0.6) is 11.6 Å². The molecule has 2 aromatic carbocycles. The molecule has 2 aliphatic rings. The van der Waals surface area contributed by atoms with E-state index in [9.17, 15) is 10.2 Å². The lowest BCUT2D eigenvalue weighted by molar-refractivity contribution is -0.0873. The minimum absolute atomic E-state index is 0.389. The Labute approximate surface area is 274 Å². The van der Waals surface area contributed by atoms with E-state index in [4.69, 9.17) is 37.7 Å². The van der Waals surface area contributed by atoms with Crippen molar-refractivity contribution in [2.45, 2.75) is 45.1 Å². The van der Waals surface area contributed by atoms with E-state index >= 15 is 0 Å². The van der Waals surface area contributed by atoms with E-state index in [1.807, 2.05) is 56.3 Å². The molecular formula is C35H38Cl2N4O4. The minimum Gasteiger partial charge on any atom is -0.496 e. The monoisotopic (exact) mass is 648 g/mol. The van der Waals surface area contributed by atoms with Gasteiger partial charge in [-0.1, -0.05) is 47.5 Å². The third-order valence-corrected chi connectivity index (χ3v) is 9.29. The van der Waals surface area contributed by atoms with Crippen LogP contribution >= 0.6 is 23.2 Å². The van der Waals surface area contributed by atoms with Gasteiger partial charge in [-0.25, -0.2) is 4.98 Å². The van der Waals surface area contributed by atoms with E-state index in [2.05, 4.69) is 20.9 Å². The maximum atomic E-state index is 10.1. The molecule has 0 spiro atoms. The Bertz CT molecular complexity index is 1700. The first-order valence-electron chi connectivity index (χ1n) is 15.1. The quantitative estimate of drug-likeness (QED) is 0.225. The number of pyridine rings is 2. The van der Waals surface area contributed by atoms with Gasteiger partial charge < -0.3 is 19.7 Å². The third kappa shape index (κ3) is 6.54. The van der Waals surface area contributed by atoms with Crippen LogP contribution in [0, 0.1) is 0 Å². The van der Waals surface area contributed by atoms with Crippen LogP contribution < -0.4 is 9.47 Å². The first-order valence-corrected chi connectivity index (χ1v) is 15.9. The van der Waals surface area contributed by atoms with Crippen molar-refractivity contribution < 1.29 is 19.7 Å². The Morgan fingerprint density at radius 2 is 1.73 bits per heavy atom. The van der Waals surface area contributed by atoms with E-state index in [0.717, 1.165) is 52.1 Å². The summed E-state index contributed by atoms with van der Waals surface area (Å²) in [6.45, 7) is 7.71. The number of benzene rings is 2. The molecule has 1 fully saturated rings. The van der Waals surface area contributed by atoms with Crippen LogP contribution in [0.4, 0.5) is 0 Å². The van der Waals surface area contributed by atoms with Crippen LogP contribution in [0.3, 0.4) is 0 Å². The predicted octanol–water partition coefficient (Wildman–Crippen LogP) is 6.11. The first kappa shape index (κ1) is 31.7. The van der Waals surface area contributed by atoms with E-state index in [1.54, 1.807) is 20.4 Å². The summed E-state index contributed by atoms with van der Waals surface area (Å²) < 4.78 is 11.5. The van der Waals surface area contributed by atoms with Crippen LogP contribution in [0.15, 0.2) is 54.7 Å². The molecule has 0 amide bonds. The highest BCUT2D eigenvalue weighted by Crippen LogP contribution is 2.43. The number of aliphatic hydroxyl groups excluding tert-OH is 1. The molecule has 6 rings (SSSR count). The Balaban J connectivity index is 1.32. The lowest BCUT2D eigenvalue weighted by Crippen LogP contribution is -2.59. The molecule has 0 aliphatic carbocycles. The summed E-state index contributed by atoms with van der Waals surface area (Å²) in [4.78, 5) is 13.9. The third-order valence-electron chi connectivity index (χ3n) is 8.51. The van der Waals surface area contributed by atoms with E-state index in [0.29, 0.717) is 60.0 Å². The number of ether oxygens (including phenoxy) is 2. The van der Waals surface area contributed by atoms with Crippen molar-refractivity contribution in [2.24, 2.45) is 0 Å². The zero-order valence-electron chi connectivity index (χ0n) is 26.0. The fraction of sp³-hybridized carbons (Fsp3) is 0.371. The summed E-state index contributed by atoms with van der Waals surface area (Å²) in [5.74, 6) is 1.31. The number of nitrogens with zero attached hydrogens (tertiary/aromatic N) is 4. The Morgan fingerprint density at radius 1 is 0.978 bits per heavy atom. The van der Waals surface area contributed by atoms with E-state index in [1.165, 1.54) is 5.56 Å². The molecule has 2 aliphatic heterocycles. The van der Waals surface area contributed by atoms with Crippen LogP contribution in [0.2, 0.25) is 10.0 Å². The smallest absolute Gasteiger partial charge is 0.218 e. The van der Waals surface area contributed by atoms with Gasteiger partial charge in [0.05, 0.1) is 47.4 Å². The molecule has 0 unspecified atom stereocenters. The minimum atomic E-state index is -0.643. The van der Waals surface area contributed by atoms with Gasteiger partial charge in [-0.15, -0.1) is 0 Å². The number of fused-ring (bicyclic) bond motifs is 1. The number of hydrogen-bond acceptors (Lipinski definition) is 8. The normalized spacial score (nSPS) is 17.0. The molecule has 1 saturated heterocycles. The van der Waals surface area contributed by atoms with Crippen molar-refractivity contribution in [2.75, 3.05) is 40.4 Å². The van der Waals surface area contributed by atoms with Crippen molar-refractivity contribution in [3.8, 4) is 45.3 Å². The average molecular weight is 650 g/mol. The number of hydrogen-bond donors (Lipinski definition) is 2. The van der Waals surface area contributed by atoms with Gasteiger partial charge in [0.15, 0.2) is 0 Å². The second-order valence-corrected chi connectivity index (χ2v) is 13.1. The summed E-state index contributed by atoms with van der Waals surface area (Å²) in [5.41, 5.74) is 7.13. The van der Waals surface area contributed by atoms with Crippen LogP contribution in [0.25, 0.3) is 33.6 Å². The van der Waals surface area contributed by atoms with Gasteiger partial charge in [0.2, 0.25) is 5.88 Å². The molecule has 2 aromatic heterocycles. The lowest BCUT2D eigenvalue weighted by atomic mass is 9.93. The highest BCUT2D eigenvalue weighted by molar-refractivity contribution is 6.39. The Morgan fingerprint density at radius 3 is 2.44 bits per heavy atom. The topological polar surface area (TPSA) is 91.2 Å². The maximum Gasteiger partial charge on any atom is 0.218 e. The second-order valence-electron chi connectivity index (χ2n) is 12.3. The molecule has 2 N–H and O–H groups in total. The zero-order valence-corrected chi connectivity index (χ0v) is 27.5. The van der Waals surface area contributed by atoms with Crippen molar-refractivity contribution in [1.29, 1.82) is 0 Å². The molecule has 0 saturated carbocycles. The van der Waals surface area contributed by atoms with E-state index in [-0.39, 0.29) is 6.10 Å². The number of methoxy groups -OCH3 is 2. The molecule has 4 heterocycles. The van der Waals surface area contributed by atoms with Gasteiger partial charge in [0.25, 0.3) is 0 Å². The summed E-state index contributed by atoms with van der Waals surface area (Å²) in [5, 5.41) is 21.0. The highest BCUT2D eigenvalue weighted by atomic mass is 35.5. The van der Waals surface area contributed by atoms with Crippen LogP contribution in [-0.2, 0) is 19.5 Å². The van der Waals surface area contributed by atoms with Gasteiger partial charge in [-0.05, 0) is 50.1 Å². The SMILES string of the molecule is COc1cc(-c2nccc(-c3cccc(-c4ccc(CN5CC(C)(O)C5)c(OC)n4)c3Cl)c2Cl)cc2c1CN(C[C@@H](C)O)CC2. The second kappa shape index (κ2) is 12.9. The molecule has 1 atom stereocenters. The molecule has 45 heavy (non-hydrogen) atoms. The summed E-state index contributed by atoms with van der Waals surface area (Å²) in [7, 11) is 3.29. The molecule has 0 bridgehead atoms. The number of halogens is 2. The van der Waals surface area contributed by atoms with Crippen LogP contribution in [0.1, 0.15) is 30.5 Å². The van der Waals surface area contributed by atoms with Crippen LogP contribution in [-0.4, -0.2) is 82.1 Å². The zero-order chi connectivity index (χ0) is 31.9. The summed E-state index contributed by atoms with van der Waals surface area (Å²) in [6, 6.07) is 15.8. The van der Waals surface area contributed by atoms with Crippen molar-refractivity contribution >= 4 is 23.2 Å². The molecule has 236 valence electrons. The highest BCUT2D eigenvalue weighted by Gasteiger charge is 2.36. The van der Waals surface area contributed by atoms with Crippen molar-refractivity contribution in [3.63, 3.8) is 0 Å². The largest absolute Gasteiger partial charge is 0.496 e. The van der Waals surface area contributed by atoms with Crippen molar-refractivity contribution in [1.82, 2.24) is 19.8 Å². The van der Waals surface area contributed by atoms with Gasteiger partial charge >= 0.3 is 0 Å². The molecule has 4 aromatic rings. The fourth-order valence-electron chi connectivity index (χ4n) is 6.51. The lowest BCUT2D eigenvalue weighted by Gasteiger charge is -2.44. The molecule has 0 radical (unpaired) electrons. The number of aromatic nitrogens is 2. The predicted molar refractivity (Wildman–Crippen MR) is 178 cm³/mol. The summed E-state index contributed by atoms with van der Waals surface area (Å²) >= 11 is 14.2.